The van der Waals surface area contributed by atoms with Crippen molar-refractivity contribution in [3.63, 3.8) is 0 Å². The SMILES string of the molecule is O=C(c1cnc2ccc(Br)cc2c1NC1CCC(CCS(=O)(=O)O)CC1)C1CC1. The van der Waals surface area contributed by atoms with Crippen LogP contribution in [-0.2, 0) is 10.1 Å². The smallest absolute Gasteiger partial charge is 0.264 e. The van der Waals surface area contributed by atoms with Gasteiger partial charge in [0.25, 0.3) is 10.1 Å². The van der Waals surface area contributed by atoms with Gasteiger partial charge in [0.15, 0.2) is 5.78 Å². The van der Waals surface area contributed by atoms with Crippen molar-refractivity contribution in [2.75, 3.05) is 11.1 Å². The van der Waals surface area contributed by atoms with Gasteiger partial charge in [-0.15, -0.1) is 0 Å². The number of nitrogens with one attached hydrogen (secondary N) is 1. The van der Waals surface area contributed by atoms with E-state index in [1.165, 1.54) is 0 Å². The van der Waals surface area contributed by atoms with Gasteiger partial charge < -0.3 is 5.32 Å². The lowest BCUT2D eigenvalue weighted by Gasteiger charge is -2.30. The Hall–Kier alpha value is -1.51. The molecule has 1 aromatic heterocycles. The van der Waals surface area contributed by atoms with Crippen molar-refractivity contribution in [2.45, 2.75) is 51.0 Å². The number of aromatic nitrogens is 1. The Morgan fingerprint density at radius 3 is 2.55 bits per heavy atom. The molecule has 8 heteroatoms. The molecule has 156 valence electrons. The number of carbonyl (C=O) groups is 1. The van der Waals surface area contributed by atoms with Gasteiger partial charge in [-0.2, -0.15) is 8.42 Å². The second kappa shape index (κ2) is 8.32. The molecule has 0 bridgehead atoms. The van der Waals surface area contributed by atoms with Gasteiger partial charge in [0.2, 0.25) is 0 Å². The van der Waals surface area contributed by atoms with Gasteiger partial charge >= 0.3 is 0 Å². The van der Waals surface area contributed by atoms with E-state index in [0.717, 1.165) is 59.6 Å². The van der Waals surface area contributed by atoms with E-state index < -0.39 is 10.1 Å². The molecule has 2 aliphatic carbocycles. The highest BCUT2D eigenvalue weighted by Gasteiger charge is 2.33. The largest absolute Gasteiger partial charge is 0.381 e. The van der Waals surface area contributed by atoms with Crippen LogP contribution in [0.15, 0.2) is 28.9 Å². The summed E-state index contributed by atoms with van der Waals surface area (Å²) in [6.45, 7) is 0. The van der Waals surface area contributed by atoms with Crippen molar-refractivity contribution in [1.82, 2.24) is 4.98 Å². The van der Waals surface area contributed by atoms with Crippen molar-refractivity contribution in [1.29, 1.82) is 0 Å². The van der Waals surface area contributed by atoms with Crippen molar-refractivity contribution in [3.8, 4) is 0 Å². The Morgan fingerprint density at radius 2 is 1.90 bits per heavy atom. The summed E-state index contributed by atoms with van der Waals surface area (Å²) < 4.78 is 31.9. The minimum atomic E-state index is -3.90. The average molecular weight is 481 g/mol. The molecule has 0 spiro atoms. The van der Waals surface area contributed by atoms with Crippen LogP contribution in [0.2, 0.25) is 0 Å². The minimum Gasteiger partial charge on any atom is -0.381 e. The van der Waals surface area contributed by atoms with Crippen LogP contribution in [0, 0.1) is 11.8 Å². The maximum Gasteiger partial charge on any atom is 0.264 e. The fourth-order valence-electron chi connectivity index (χ4n) is 4.19. The molecular weight excluding hydrogens is 456 g/mol. The highest BCUT2D eigenvalue weighted by Crippen LogP contribution is 2.38. The molecule has 2 aliphatic rings. The Kier molecular flexibility index (Phi) is 5.95. The number of hydrogen-bond donors (Lipinski definition) is 2. The average Bonchev–Trinajstić information content (AvgIpc) is 3.52. The van der Waals surface area contributed by atoms with E-state index >= 15 is 0 Å². The number of pyridine rings is 1. The van der Waals surface area contributed by atoms with Gasteiger partial charge in [-0.25, -0.2) is 0 Å². The number of nitrogens with zero attached hydrogens (tertiary/aromatic N) is 1. The summed E-state index contributed by atoms with van der Waals surface area (Å²) >= 11 is 3.53. The maximum atomic E-state index is 12.9. The molecule has 0 aliphatic heterocycles. The first-order chi connectivity index (χ1) is 13.8. The van der Waals surface area contributed by atoms with E-state index in [1.807, 2.05) is 18.2 Å². The normalized spacial score (nSPS) is 22.6. The number of Topliss-reactive ketones (excluding diaryl/α,β-unsaturated/α-hetero) is 1. The zero-order valence-electron chi connectivity index (χ0n) is 16.1. The molecule has 0 saturated heterocycles. The van der Waals surface area contributed by atoms with E-state index in [2.05, 4.69) is 26.2 Å². The van der Waals surface area contributed by atoms with Crippen LogP contribution in [0.4, 0.5) is 5.69 Å². The Bertz CT molecular complexity index is 1030. The summed E-state index contributed by atoms with van der Waals surface area (Å²) in [5.74, 6) is 0.437. The summed E-state index contributed by atoms with van der Waals surface area (Å²) in [5, 5.41) is 4.57. The first-order valence-electron chi connectivity index (χ1n) is 10.1. The first-order valence-corrected chi connectivity index (χ1v) is 12.5. The molecule has 2 saturated carbocycles. The maximum absolute atomic E-state index is 12.9. The highest BCUT2D eigenvalue weighted by molar-refractivity contribution is 9.10. The summed E-state index contributed by atoms with van der Waals surface area (Å²) in [5.41, 5.74) is 2.39. The topological polar surface area (TPSA) is 96.4 Å². The van der Waals surface area contributed by atoms with Crippen LogP contribution in [0.5, 0.6) is 0 Å². The van der Waals surface area contributed by atoms with Crippen LogP contribution < -0.4 is 5.32 Å². The van der Waals surface area contributed by atoms with Crippen LogP contribution in [-0.4, -0.2) is 35.5 Å². The minimum absolute atomic E-state index is 0.123. The van der Waals surface area contributed by atoms with Gasteiger partial charge in [0.1, 0.15) is 0 Å². The molecule has 29 heavy (non-hydrogen) atoms. The Morgan fingerprint density at radius 1 is 1.17 bits per heavy atom. The van der Waals surface area contributed by atoms with E-state index in [9.17, 15) is 13.2 Å². The van der Waals surface area contributed by atoms with Crippen molar-refractivity contribution >= 4 is 48.4 Å². The number of carbonyl (C=O) groups excluding carboxylic acids is 1. The Balaban J connectivity index is 1.53. The molecule has 1 heterocycles. The molecule has 2 N–H and O–H groups in total. The number of anilines is 1. The van der Waals surface area contributed by atoms with E-state index in [-0.39, 0.29) is 23.5 Å². The van der Waals surface area contributed by atoms with Crippen LogP contribution in [0.1, 0.15) is 55.3 Å². The molecule has 6 nitrogen and oxygen atoms in total. The molecule has 1 aromatic carbocycles. The monoisotopic (exact) mass is 480 g/mol. The van der Waals surface area contributed by atoms with Gasteiger partial charge in [-0.3, -0.25) is 14.3 Å². The molecule has 0 unspecified atom stereocenters. The number of halogens is 1. The summed E-state index contributed by atoms with van der Waals surface area (Å²) in [7, 11) is -3.90. The standard InChI is InChI=1S/C21H25BrN2O4S/c22-15-5-8-19-17(11-15)20(18(12-23-19)21(25)14-3-4-14)24-16-6-1-13(2-7-16)9-10-29(26,27)28/h5,8,11-14,16H,1-4,6-7,9-10H2,(H,23,24)(H,26,27,28). The second-order valence-electron chi connectivity index (χ2n) is 8.28. The zero-order chi connectivity index (χ0) is 20.6. The van der Waals surface area contributed by atoms with Crippen molar-refractivity contribution in [3.05, 3.63) is 34.4 Å². The fraction of sp³-hybridized carbons (Fsp3) is 0.524. The fourth-order valence-corrected chi connectivity index (χ4v) is 5.18. The molecular formula is C21H25BrN2O4S. The predicted octanol–water partition coefficient (Wildman–Crippen LogP) is 4.84. The number of hydrogen-bond acceptors (Lipinski definition) is 5. The van der Waals surface area contributed by atoms with Gasteiger partial charge in [-0.05, 0) is 69.1 Å². The number of benzene rings is 1. The van der Waals surface area contributed by atoms with Crippen LogP contribution in [0.25, 0.3) is 10.9 Å². The zero-order valence-corrected chi connectivity index (χ0v) is 18.5. The Labute approximate surface area is 179 Å². The predicted molar refractivity (Wildman–Crippen MR) is 117 cm³/mol. The summed E-state index contributed by atoms with van der Waals surface area (Å²) in [4.78, 5) is 17.4. The second-order valence-corrected chi connectivity index (χ2v) is 10.8. The lowest BCUT2D eigenvalue weighted by atomic mass is 9.84. The van der Waals surface area contributed by atoms with Crippen molar-refractivity contribution in [2.24, 2.45) is 11.8 Å². The quantitative estimate of drug-likeness (QED) is 0.434. The van der Waals surface area contributed by atoms with E-state index in [0.29, 0.717) is 17.9 Å². The molecule has 0 amide bonds. The van der Waals surface area contributed by atoms with Gasteiger partial charge in [-0.1, -0.05) is 15.9 Å². The molecule has 2 aromatic rings. The molecule has 0 radical (unpaired) electrons. The molecule has 0 atom stereocenters. The molecule has 4 rings (SSSR count). The van der Waals surface area contributed by atoms with Gasteiger partial charge in [0, 0.05) is 28.0 Å². The number of fused-ring (bicyclic) bond motifs is 1. The third-order valence-electron chi connectivity index (χ3n) is 6.02. The summed E-state index contributed by atoms with van der Waals surface area (Å²) in [6.07, 6.45) is 7.74. The van der Waals surface area contributed by atoms with Crippen LogP contribution in [0.3, 0.4) is 0 Å². The number of rotatable bonds is 7. The third kappa shape index (κ3) is 5.16. The van der Waals surface area contributed by atoms with Gasteiger partial charge in [0.05, 0.1) is 22.5 Å². The highest BCUT2D eigenvalue weighted by atomic mass is 79.9. The summed E-state index contributed by atoms with van der Waals surface area (Å²) in [6, 6.07) is 6.13. The first kappa shape index (κ1) is 20.8. The van der Waals surface area contributed by atoms with E-state index in [4.69, 9.17) is 4.55 Å². The van der Waals surface area contributed by atoms with Crippen molar-refractivity contribution < 1.29 is 17.8 Å². The van der Waals surface area contributed by atoms with Crippen LogP contribution >= 0.6 is 15.9 Å². The lowest BCUT2D eigenvalue weighted by molar-refractivity contribution is 0.0968. The van der Waals surface area contributed by atoms with E-state index in [1.54, 1.807) is 6.20 Å². The molecule has 2 fully saturated rings. The number of ketones is 1. The third-order valence-corrected chi connectivity index (χ3v) is 7.27. The lowest BCUT2D eigenvalue weighted by Crippen LogP contribution is -2.28.